The Kier molecular flexibility index (Phi) is 3.81. The number of methoxy groups -OCH3 is 1. The van der Waals surface area contributed by atoms with Crippen molar-refractivity contribution in [2.24, 2.45) is 0 Å². The zero-order valence-electron chi connectivity index (χ0n) is 13.5. The first-order valence-corrected chi connectivity index (χ1v) is 7.29. The summed E-state index contributed by atoms with van der Waals surface area (Å²) in [6.07, 6.45) is 0. The Morgan fingerprint density at radius 2 is 1.71 bits per heavy atom. The summed E-state index contributed by atoms with van der Waals surface area (Å²) < 4.78 is 10.9. The molecule has 6 nitrogen and oxygen atoms in total. The number of ether oxygens (including phenoxy) is 1. The third-order valence-corrected chi connectivity index (χ3v) is 4.14. The van der Waals surface area contributed by atoms with Gasteiger partial charge in [-0.2, -0.15) is 0 Å². The Hall–Kier alpha value is -3.15. The smallest absolute Gasteiger partial charge is 0.339 e. The first-order chi connectivity index (χ1) is 11.4. The average molecular weight is 325 g/mol. The number of fused-ring (bicyclic) bond motifs is 1. The Labute approximate surface area is 137 Å². The van der Waals surface area contributed by atoms with Crippen LogP contribution in [0.25, 0.3) is 22.1 Å². The van der Waals surface area contributed by atoms with E-state index in [2.05, 4.69) is 0 Å². The number of nitro groups is 1. The number of hydrogen-bond donors (Lipinski definition) is 0. The van der Waals surface area contributed by atoms with Gasteiger partial charge in [-0.25, -0.2) is 4.79 Å². The highest BCUT2D eigenvalue weighted by Gasteiger charge is 2.15. The van der Waals surface area contributed by atoms with E-state index in [9.17, 15) is 14.9 Å². The van der Waals surface area contributed by atoms with E-state index in [1.807, 2.05) is 13.0 Å². The standard InChI is InChI=1S/C18H15NO5/c1-10-11(2)18(20)24-16-9-13(8-15(23-3)17(10)16)12-4-6-14(7-5-12)19(21)22/h4-9H,1-3H3. The number of nitrogens with zero attached hydrogens (tertiary/aromatic N) is 1. The molecule has 24 heavy (non-hydrogen) atoms. The molecule has 0 atom stereocenters. The molecule has 0 aliphatic carbocycles. The van der Waals surface area contributed by atoms with Crippen LogP contribution in [0, 0.1) is 24.0 Å². The second-order valence-corrected chi connectivity index (χ2v) is 5.50. The third-order valence-electron chi connectivity index (χ3n) is 4.14. The van der Waals surface area contributed by atoms with E-state index in [-0.39, 0.29) is 11.3 Å². The lowest BCUT2D eigenvalue weighted by molar-refractivity contribution is -0.384. The monoisotopic (exact) mass is 325 g/mol. The molecule has 0 amide bonds. The largest absolute Gasteiger partial charge is 0.496 e. The summed E-state index contributed by atoms with van der Waals surface area (Å²) in [5.41, 5.74) is 2.93. The lowest BCUT2D eigenvalue weighted by atomic mass is 10.00. The number of benzene rings is 2. The number of non-ortho nitro benzene ring substituents is 1. The SMILES string of the molecule is COc1cc(-c2ccc([N+](=O)[O-])cc2)cc2oc(=O)c(C)c(C)c12. The van der Waals surface area contributed by atoms with Crippen LogP contribution >= 0.6 is 0 Å². The molecule has 0 unspecified atom stereocenters. The highest BCUT2D eigenvalue weighted by Crippen LogP contribution is 2.35. The molecule has 3 aromatic rings. The summed E-state index contributed by atoms with van der Waals surface area (Å²) in [4.78, 5) is 22.3. The van der Waals surface area contributed by atoms with Gasteiger partial charge < -0.3 is 9.15 Å². The van der Waals surface area contributed by atoms with Crippen molar-refractivity contribution in [3.05, 3.63) is 68.1 Å². The molecule has 1 aromatic heterocycles. The van der Waals surface area contributed by atoms with E-state index in [1.165, 1.54) is 12.1 Å². The topological polar surface area (TPSA) is 82.6 Å². The minimum absolute atomic E-state index is 0.0181. The zero-order chi connectivity index (χ0) is 17.4. The van der Waals surface area contributed by atoms with Gasteiger partial charge in [0.1, 0.15) is 11.3 Å². The summed E-state index contributed by atoms with van der Waals surface area (Å²) in [6, 6.07) is 9.74. The molecule has 122 valence electrons. The van der Waals surface area contributed by atoms with Crippen molar-refractivity contribution in [3.63, 3.8) is 0 Å². The van der Waals surface area contributed by atoms with Crippen LogP contribution in [0.15, 0.2) is 45.6 Å². The maximum Gasteiger partial charge on any atom is 0.339 e. The highest BCUT2D eigenvalue weighted by atomic mass is 16.6. The van der Waals surface area contributed by atoms with Crippen molar-refractivity contribution in [2.75, 3.05) is 7.11 Å². The molecule has 0 saturated carbocycles. The normalized spacial score (nSPS) is 10.8. The Morgan fingerprint density at radius 3 is 2.29 bits per heavy atom. The van der Waals surface area contributed by atoms with Crippen molar-refractivity contribution in [1.29, 1.82) is 0 Å². The van der Waals surface area contributed by atoms with Gasteiger partial charge in [-0.3, -0.25) is 10.1 Å². The molecule has 6 heteroatoms. The molecule has 0 fully saturated rings. The summed E-state index contributed by atoms with van der Waals surface area (Å²) in [6.45, 7) is 3.56. The Balaban J connectivity index is 2.25. The molecule has 0 radical (unpaired) electrons. The van der Waals surface area contributed by atoms with Crippen LogP contribution < -0.4 is 10.4 Å². The van der Waals surface area contributed by atoms with Crippen LogP contribution in [0.1, 0.15) is 11.1 Å². The molecule has 1 heterocycles. The van der Waals surface area contributed by atoms with E-state index in [4.69, 9.17) is 9.15 Å². The van der Waals surface area contributed by atoms with Crippen molar-refractivity contribution >= 4 is 16.7 Å². The van der Waals surface area contributed by atoms with E-state index in [0.717, 1.165) is 22.1 Å². The predicted octanol–water partition coefficient (Wildman–Crippen LogP) is 3.99. The van der Waals surface area contributed by atoms with Gasteiger partial charge in [0, 0.05) is 17.7 Å². The molecule has 2 aromatic carbocycles. The van der Waals surface area contributed by atoms with Crippen LogP contribution in [0.3, 0.4) is 0 Å². The number of hydrogen-bond acceptors (Lipinski definition) is 5. The zero-order valence-corrected chi connectivity index (χ0v) is 13.5. The fraction of sp³-hybridized carbons (Fsp3) is 0.167. The lowest BCUT2D eigenvalue weighted by Crippen LogP contribution is -2.06. The molecule has 0 aliphatic rings. The van der Waals surface area contributed by atoms with Gasteiger partial charge in [-0.1, -0.05) is 0 Å². The molecular weight excluding hydrogens is 310 g/mol. The first kappa shape index (κ1) is 15.7. The predicted molar refractivity (Wildman–Crippen MR) is 90.6 cm³/mol. The van der Waals surface area contributed by atoms with Crippen molar-refractivity contribution in [1.82, 2.24) is 0 Å². The summed E-state index contributed by atoms with van der Waals surface area (Å²) in [5.74, 6) is 0.588. The molecule has 3 rings (SSSR count). The Bertz CT molecular complexity index is 1000. The maximum atomic E-state index is 11.9. The van der Waals surface area contributed by atoms with Crippen molar-refractivity contribution < 1.29 is 14.1 Å². The molecule has 0 spiro atoms. The van der Waals surface area contributed by atoms with Gasteiger partial charge in [0.05, 0.1) is 17.4 Å². The van der Waals surface area contributed by atoms with Gasteiger partial charge >= 0.3 is 5.63 Å². The maximum absolute atomic E-state index is 11.9. The minimum atomic E-state index is -0.448. The van der Waals surface area contributed by atoms with Gasteiger partial charge in [-0.05, 0) is 54.8 Å². The summed E-state index contributed by atoms with van der Waals surface area (Å²) >= 11 is 0. The van der Waals surface area contributed by atoms with Crippen LogP contribution in [-0.2, 0) is 0 Å². The van der Waals surface area contributed by atoms with Gasteiger partial charge in [0.2, 0.25) is 0 Å². The van der Waals surface area contributed by atoms with E-state index in [1.54, 1.807) is 32.2 Å². The second kappa shape index (κ2) is 5.81. The van der Waals surface area contributed by atoms with Crippen LogP contribution in [0.5, 0.6) is 5.75 Å². The highest BCUT2D eigenvalue weighted by molar-refractivity contribution is 5.91. The average Bonchev–Trinajstić information content (AvgIpc) is 2.58. The molecule has 0 aliphatic heterocycles. The molecule has 0 bridgehead atoms. The lowest BCUT2D eigenvalue weighted by Gasteiger charge is -2.12. The van der Waals surface area contributed by atoms with Gasteiger partial charge in [-0.15, -0.1) is 0 Å². The van der Waals surface area contributed by atoms with Gasteiger partial charge in [0.25, 0.3) is 5.69 Å². The van der Waals surface area contributed by atoms with E-state index in [0.29, 0.717) is 16.9 Å². The van der Waals surface area contributed by atoms with Crippen LogP contribution in [0.4, 0.5) is 5.69 Å². The van der Waals surface area contributed by atoms with Crippen molar-refractivity contribution in [2.45, 2.75) is 13.8 Å². The van der Waals surface area contributed by atoms with Crippen LogP contribution in [-0.4, -0.2) is 12.0 Å². The van der Waals surface area contributed by atoms with E-state index < -0.39 is 4.92 Å². The van der Waals surface area contributed by atoms with Crippen LogP contribution in [0.2, 0.25) is 0 Å². The van der Waals surface area contributed by atoms with Crippen molar-refractivity contribution in [3.8, 4) is 16.9 Å². The quantitative estimate of drug-likeness (QED) is 0.413. The summed E-state index contributed by atoms with van der Waals surface area (Å²) in [7, 11) is 1.55. The van der Waals surface area contributed by atoms with E-state index >= 15 is 0 Å². The third kappa shape index (κ3) is 2.52. The minimum Gasteiger partial charge on any atom is -0.496 e. The Morgan fingerprint density at radius 1 is 1.04 bits per heavy atom. The van der Waals surface area contributed by atoms with Gasteiger partial charge in [0.15, 0.2) is 0 Å². The number of rotatable bonds is 3. The number of nitro benzene ring substituents is 1. The molecule has 0 N–H and O–H groups in total. The molecule has 0 saturated heterocycles. The molecular formula is C18H15NO5. The summed E-state index contributed by atoms with van der Waals surface area (Å²) in [5, 5.41) is 11.5. The number of aryl methyl sites for hydroxylation is 1. The fourth-order valence-electron chi connectivity index (χ4n) is 2.66. The fourth-order valence-corrected chi connectivity index (χ4v) is 2.66. The second-order valence-electron chi connectivity index (χ2n) is 5.50. The first-order valence-electron chi connectivity index (χ1n) is 7.29.